The number of amides is 3. The molecule has 1 fully saturated rings. The van der Waals surface area contributed by atoms with E-state index in [9.17, 15) is 14.4 Å². The molecule has 4 rings (SSSR count). The molecule has 1 N–H and O–H groups in total. The molecule has 3 amide bonds. The molecule has 0 saturated carbocycles. The van der Waals surface area contributed by atoms with Gasteiger partial charge in [-0.2, -0.15) is 0 Å². The Bertz CT molecular complexity index is 1070. The molecule has 0 aromatic heterocycles. The minimum Gasteiger partial charge on any atom is -0.350 e. The van der Waals surface area contributed by atoms with E-state index >= 15 is 0 Å². The van der Waals surface area contributed by atoms with Crippen LogP contribution >= 0.6 is 11.6 Å². The smallest absolute Gasteiger partial charge is 0.283 e. The third kappa shape index (κ3) is 4.28. The fraction of sp³-hybridized carbons (Fsp3) is 0.320. The number of likely N-dealkylation sites (tertiary alicyclic amines) is 1. The van der Waals surface area contributed by atoms with E-state index in [1.807, 2.05) is 17.0 Å². The van der Waals surface area contributed by atoms with Crippen molar-refractivity contribution in [3.63, 3.8) is 0 Å². The van der Waals surface area contributed by atoms with Crippen LogP contribution in [0, 0.1) is 0 Å². The SMILES string of the molecule is CC(C)c1ccc(N2C(=O)C(Cl)=C(Nc3ccc(C(=O)N4CCCCC4)cc3)C2=O)cc1. The third-order valence-electron chi connectivity index (χ3n) is 5.89. The molecular weight excluding hydrogens is 426 g/mol. The topological polar surface area (TPSA) is 69.7 Å². The fourth-order valence-corrected chi connectivity index (χ4v) is 4.19. The van der Waals surface area contributed by atoms with Gasteiger partial charge in [0.2, 0.25) is 0 Å². The van der Waals surface area contributed by atoms with Gasteiger partial charge >= 0.3 is 0 Å². The lowest BCUT2D eigenvalue weighted by atomic mass is 10.0. The van der Waals surface area contributed by atoms with E-state index in [-0.39, 0.29) is 16.6 Å². The van der Waals surface area contributed by atoms with E-state index in [1.54, 1.807) is 36.4 Å². The van der Waals surface area contributed by atoms with E-state index in [2.05, 4.69) is 19.2 Å². The van der Waals surface area contributed by atoms with Crippen LogP contribution in [0.5, 0.6) is 0 Å². The van der Waals surface area contributed by atoms with Crippen LogP contribution in [0.1, 0.15) is 54.9 Å². The number of piperidine rings is 1. The Morgan fingerprint density at radius 3 is 2.12 bits per heavy atom. The molecule has 2 aliphatic rings. The van der Waals surface area contributed by atoms with Gasteiger partial charge in [0.05, 0.1) is 5.69 Å². The largest absolute Gasteiger partial charge is 0.350 e. The van der Waals surface area contributed by atoms with Crippen molar-refractivity contribution in [1.82, 2.24) is 4.90 Å². The molecule has 2 aromatic rings. The van der Waals surface area contributed by atoms with Crippen LogP contribution in [0.3, 0.4) is 0 Å². The first kappa shape index (κ1) is 22.1. The Kier molecular flexibility index (Phi) is 6.33. The monoisotopic (exact) mass is 451 g/mol. The lowest BCUT2D eigenvalue weighted by Crippen LogP contribution is -2.35. The summed E-state index contributed by atoms with van der Waals surface area (Å²) in [6.07, 6.45) is 3.23. The molecule has 0 spiro atoms. The molecule has 0 radical (unpaired) electrons. The highest BCUT2D eigenvalue weighted by Crippen LogP contribution is 2.31. The highest BCUT2D eigenvalue weighted by atomic mass is 35.5. The van der Waals surface area contributed by atoms with E-state index in [0.717, 1.165) is 42.8 Å². The lowest BCUT2D eigenvalue weighted by Gasteiger charge is -2.26. The van der Waals surface area contributed by atoms with Crippen molar-refractivity contribution in [1.29, 1.82) is 0 Å². The number of nitrogens with zero attached hydrogens (tertiary/aromatic N) is 2. The normalized spacial score (nSPS) is 16.9. The summed E-state index contributed by atoms with van der Waals surface area (Å²) in [4.78, 5) is 41.2. The summed E-state index contributed by atoms with van der Waals surface area (Å²) in [5.74, 6) is -0.714. The van der Waals surface area contributed by atoms with Gasteiger partial charge < -0.3 is 10.2 Å². The van der Waals surface area contributed by atoms with Crippen LogP contribution in [0.25, 0.3) is 0 Å². The molecule has 0 unspecified atom stereocenters. The number of carbonyl (C=O) groups is 3. The van der Waals surface area contributed by atoms with Crippen LogP contribution in [0.15, 0.2) is 59.3 Å². The second-order valence-electron chi connectivity index (χ2n) is 8.44. The van der Waals surface area contributed by atoms with Crippen LogP contribution in [-0.2, 0) is 9.59 Å². The lowest BCUT2D eigenvalue weighted by molar-refractivity contribution is -0.120. The summed E-state index contributed by atoms with van der Waals surface area (Å²) in [5.41, 5.74) is 2.79. The predicted molar refractivity (Wildman–Crippen MR) is 126 cm³/mol. The van der Waals surface area contributed by atoms with Gasteiger partial charge in [-0.05, 0) is 67.1 Å². The van der Waals surface area contributed by atoms with Crippen molar-refractivity contribution in [3.8, 4) is 0 Å². The first-order valence-electron chi connectivity index (χ1n) is 10.9. The second-order valence-corrected chi connectivity index (χ2v) is 8.81. The molecule has 166 valence electrons. The first-order valence-corrected chi connectivity index (χ1v) is 11.3. The molecule has 0 aliphatic carbocycles. The number of hydrogen-bond acceptors (Lipinski definition) is 4. The quantitative estimate of drug-likeness (QED) is 0.658. The average molecular weight is 452 g/mol. The number of imide groups is 1. The van der Waals surface area contributed by atoms with E-state index < -0.39 is 11.8 Å². The highest BCUT2D eigenvalue weighted by Gasteiger charge is 2.39. The number of carbonyl (C=O) groups excluding carboxylic acids is 3. The molecule has 6 nitrogen and oxygen atoms in total. The van der Waals surface area contributed by atoms with Crippen molar-refractivity contribution < 1.29 is 14.4 Å². The van der Waals surface area contributed by atoms with Crippen LogP contribution < -0.4 is 10.2 Å². The molecule has 2 aliphatic heterocycles. The fourth-order valence-electron chi connectivity index (χ4n) is 3.97. The van der Waals surface area contributed by atoms with Gasteiger partial charge in [0, 0.05) is 24.3 Å². The second kappa shape index (κ2) is 9.17. The number of rotatable bonds is 5. The minimum atomic E-state index is -0.562. The first-order chi connectivity index (χ1) is 15.4. The number of anilines is 2. The molecule has 7 heteroatoms. The molecule has 0 atom stereocenters. The third-order valence-corrected chi connectivity index (χ3v) is 6.24. The summed E-state index contributed by atoms with van der Waals surface area (Å²) in [6.45, 7) is 5.72. The summed E-state index contributed by atoms with van der Waals surface area (Å²) in [5, 5.41) is 2.80. The maximum atomic E-state index is 13.0. The van der Waals surface area contributed by atoms with Crippen LogP contribution in [0.4, 0.5) is 11.4 Å². The summed E-state index contributed by atoms with van der Waals surface area (Å²) in [6, 6.07) is 14.2. The summed E-state index contributed by atoms with van der Waals surface area (Å²) < 4.78 is 0. The van der Waals surface area contributed by atoms with Gasteiger partial charge in [-0.25, -0.2) is 4.90 Å². The van der Waals surface area contributed by atoms with Crippen molar-refractivity contribution in [3.05, 3.63) is 70.4 Å². The van der Waals surface area contributed by atoms with Crippen LogP contribution in [-0.4, -0.2) is 35.7 Å². The Hall–Kier alpha value is -3.12. The molecule has 2 heterocycles. The zero-order chi connectivity index (χ0) is 22.8. The maximum Gasteiger partial charge on any atom is 0.283 e. The number of benzene rings is 2. The number of hydrogen-bond donors (Lipinski definition) is 1. The summed E-state index contributed by atoms with van der Waals surface area (Å²) >= 11 is 6.23. The maximum absolute atomic E-state index is 13.0. The Morgan fingerprint density at radius 2 is 1.53 bits per heavy atom. The van der Waals surface area contributed by atoms with Crippen molar-refractivity contribution in [2.75, 3.05) is 23.3 Å². The number of nitrogens with one attached hydrogen (secondary N) is 1. The molecule has 32 heavy (non-hydrogen) atoms. The zero-order valence-corrected chi connectivity index (χ0v) is 19.0. The highest BCUT2D eigenvalue weighted by molar-refractivity contribution is 6.53. The van der Waals surface area contributed by atoms with Gasteiger partial charge in [-0.1, -0.05) is 37.6 Å². The van der Waals surface area contributed by atoms with Gasteiger partial charge in [0.1, 0.15) is 10.7 Å². The van der Waals surface area contributed by atoms with Crippen molar-refractivity contribution in [2.45, 2.75) is 39.0 Å². The zero-order valence-electron chi connectivity index (χ0n) is 18.2. The Labute approximate surface area is 192 Å². The molecule has 1 saturated heterocycles. The standard InChI is InChI=1S/C25H26ClN3O3/c1-16(2)17-8-12-20(13-9-17)29-24(31)21(26)22(25(29)32)27-19-10-6-18(7-11-19)23(30)28-14-4-3-5-15-28/h6-13,16,27H,3-5,14-15H2,1-2H3. The van der Waals surface area contributed by atoms with Crippen molar-refractivity contribution >= 4 is 40.7 Å². The van der Waals surface area contributed by atoms with Crippen molar-refractivity contribution in [2.24, 2.45) is 0 Å². The van der Waals surface area contributed by atoms with Gasteiger partial charge in [-0.3, -0.25) is 14.4 Å². The van der Waals surface area contributed by atoms with Crippen LogP contribution in [0.2, 0.25) is 0 Å². The predicted octanol–water partition coefficient (Wildman–Crippen LogP) is 4.87. The van der Waals surface area contributed by atoms with E-state index in [0.29, 0.717) is 22.9 Å². The number of halogens is 1. The molecule has 2 aromatic carbocycles. The molecular formula is C25H26ClN3O3. The van der Waals surface area contributed by atoms with Gasteiger partial charge in [0.15, 0.2) is 0 Å². The van der Waals surface area contributed by atoms with Gasteiger partial charge in [-0.15, -0.1) is 0 Å². The Balaban J connectivity index is 1.48. The van der Waals surface area contributed by atoms with Gasteiger partial charge in [0.25, 0.3) is 17.7 Å². The van der Waals surface area contributed by atoms with E-state index in [1.165, 1.54) is 0 Å². The van der Waals surface area contributed by atoms with E-state index in [4.69, 9.17) is 11.6 Å². The molecule has 0 bridgehead atoms. The Morgan fingerprint density at radius 1 is 0.906 bits per heavy atom. The minimum absolute atomic E-state index is 0.0108. The average Bonchev–Trinajstić information content (AvgIpc) is 3.02. The summed E-state index contributed by atoms with van der Waals surface area (Å²) in [7, 11) is 0.